The van der Waals surface area contributed by atoms with Gasteiger partial charge in [0, 0.05) is 11.8 Å². The predicted octanol–water partition coefficient (Wildman–Crippen LogP) is 1.63. The smallest absolute Gasteiger partial charge is 0.177 e. The van der Waals surface area contributed by atoms with E-state index in [2.05, 4.69) is 6.92 Å². The molecule has 4 heteroatoms. The highest BCUT2D eigenvalue weighted by Gasteiger charge is 2.58. The molecule has 2 aliphatic carbocycles. The van der Waals surface area contributed by atoms with Gasteiger partial charge in [-0.2, -0.15) is 0 Å². The Hall–Kier alpha value is -1.00. The first-order valence-electron chi connectivity index (χ1n) is 6.59. The molecule has 0 aromatic rings. The van der Waals surface area contributed by atoms with Gasteiger partial charge in [-0.05, 0) is 25.3 Å². The summed E-state index contributed by atoms with van der Waals surface area (Å²) in [5, 5.41) is 0. The molecule has 1 saturated heterocycles. The number of hydrogen-bond donors (Lipinski definition) is 0. The van der Waals surface area contributed by atoms with Crippen LogP contribution < -0.4 is 0 Å². The lowest BCUT2D eigenvalue weighted by atomic mass is 9.60. The van der Waals surface area contributed by atoms with E-state index in [1.165, 1.54) is 0 Å². The average Bonchev–Trinajstić information content (AvgIpc) is 2.82. The molecule has 2 unspecified atom stereocenters. The number of ketones is 1. The number of allylic oxidation sites excluding steroid dienone is 1. The molecule has 0 N–H and O–H groups in total. The van der Waals surface area contributed by atoms with Crippen LogP contribution in [0.1, 0.15) is 32.6 Å². The van der Waals surface area contributed by atoms with Crippen LogP contribution in [0.2, 0.25) is 0 Å². The Bertz CT molecular complexity index is 420. The van der Waals surface area contributed by atoms with Crippen molar-refractivity contribution in [3.05, 3.63) is 11.6 Å². The van der Waals surface area contributed by atoms with Gasteiger partial charge in [-0.3, -0.25) is 4.79 Å². The zero-order valence-corrected chi connectivity index (χ0v) is 10.6. The fourth-order valence-electron chi connectivity index (χ4n) is 3.68. The molecule has 3 aliphatic rings. The van der Waals surface area contributed by atoms with Crippen LogP contribution in [0.15, 0.2) is 11.6 Å². The van der Waals surface area contributed by atoms with Gasteiger partial charge in [0.1, 0.15) is 6.29 Å². The number of hydrogen-bond acceptors (Lipinski definition) is 4. The van der Waals surface area contributed by atoms with E-state index < -0.39 is 11.7 Å². The van der Waals surface area contributed by atoms with E-state index in [0.29, 0.717) is 19.6 Å². The normalized spacial score (nSPS) is 38.4. The standard InChI is InChI=1S/C14H18O4/c1-13-8-10(9-15)12(16)7-11(13)3-2-4-14(13)17-5-6-18-14/h7,9-10H,2-6,8H2,1H3. The number of rotatable bonds is 1. The Labute approximate surface area is 106 Å². The molecule has 4 nitrogen and oxygen atoms in total. The van der Waals surface area contributed by atoms with Crippen LogP contribution in [-0.2, 0) is 19.1 Å². The van der Waals surface area contributed by atoms with Crippen LogP contribution in [-0.4, -0.2) is 31.1 Å². The van der Waals surface area contributed by atoms with Crippen LogP contribution in [0, 0.1) is 11.3 Å². The maximum atomic E-state index is 11.8. The van der Waals surface area contributed by atoms with Crippen LogP contribution in [0.4, 0.5) is 0 Å². The lowest BCUT2D eigenvalue weighted by Crippen LogP contribution is -2.54. The van der Waals surface area contributed by atoms with Gasteiger partial charge in [0.15, 0.2) is 11.6 Å². The van der Waals surface area contributed by atoms with E-state index in [4.69, 9.17) is 9.47 Å². The van der Waals surface area contributed by atoms with Crippen molar-refractivity contribution in [1.82, 2.24) is 0 Å². The van der Waals surface area contributed by atoms with Gasteiger partial charge in [-0.25, -0.2) is 0 Å². The van der Waals surface area contributed by atoms with Gasteiger partial charge in [0.2, 0.25) is 0 Å². The molecule has 1 heterocycles. The van der Waals surface area contributed by atoms with Crippen molar-refractivity contribution < 1.29 is 19.1 Å². The summed E-state index contributed by atoms with van der Waals surface area (Å²) in [5.41, 5.74) is 0.764. The summed E-state index contributed by atoms with van der Waals surface area (Å²) < 4.78 is 11.8. The Balaban J connectivity index is 2.05. The fourth-order valence-corrected chi connectivity index (χ4v) is 3.68. The fraction of sp³-hybridized carbons (Fsp3) is 0.714. The maximum absolute atomic E-state index is 11.8. The average molecular weight is 250 g/mol. The third-order valence-corrected chi connectivity index (χ3v) is 4.73. The van der Waals surface area contributed by atoms with Crippen LogP contribution in [0.5, 0.6) is 0 Å². The molecule has 1 saturated carbocycles. The maximum Gasteiger partial charge on any atom is 0.177 e. The summed E-state index contributed by atoms with van der Waals surface area (Å²) >= 11 is 0. The Kier molecular flexibility index (Phi) is 2.68. The second-order valence-electron chi connectivity index (χ2n) is 5.65. The zero-order valence-electron chi connectivity index (χ0n) is 10.6. The van der Waals surface area contributed by atoms with Crippen molar-refractivity contribution in [2.75, 3.05) is 13.2 Å². The molecule has 1 aliphatic heterocycles. The van der Waals surface area contributed by atoms with Gasteiger partial charge < -0.3 is 14.3 Å². The first-order valence-corrected chi connectivity index (χ1v) is 6.59. The quantitative estimate of drug-likeness (QED) is 0.524. The van der Waals surface area contributed by atoms with E-state index in [1.807, 2.05) is 0 Å². The highest BCUT2D eigenvalue weighted by molar-refractivity contribution is 6.02. The summed E-state index contributed by atoms with van der Waals surface area (Å²) in [4.78, 5) is 22.9. The minimum Gasteiger partial charge on any atom is -0.347 e. The van der Waals surface area contributed by atoms with Gasteiger partial charge in [0.25, 0.3) is 0 Å². The van der Waals surface area contributed by atoms with Crippen molar-refractivity contribution in [1.29, 1.82) is 0 Å². The zero-order chi connectivity index (χ0) is 12.8. The van der Waals surface area contributed by atoms with E-state index in [0.717, 1.165) is 31.1 Å². The summed E-state index contributed by atoms with van der Waals surface area (Å²) in [6.07, 6.45) is 5.66. The first-order chi connectivity index (χ1) is 8.61. The number of ether oxygens (including phenoxy) is 2. The largest absolute Gasteiger partial charge is 0.347 e. The Morgan fingerprint density at radius 3 is 2.78 bits per heavy atom. The number of fused-ring (bicyclic) bond motifs is 2. The monoisotopic (exact) mass is 250 g/mol. The number of aldehydes is 1. The van der Waals surface area contributed by atoms with E-state index >= 15 is 0 Å². The van der Waals surface area contributed by atoms with Crippen molar-refractivity contribution in [2.24, 2.45) is 11.3 Å². The van der Waals surface area contributed by atoms with Crippen molar-refractivity contribution in [3.63, 3.8) is 0 Å². The summed E-state index contributed by atoms with van der Waals surface area (Å²) in [7, 11) is 0. The third kappa shape index (κ3) is 1.45. The molecule has 0 bridgehead atoms. The number of carbonyl (C=O) groups is 2. The molecule has 0 aromatic carbocycles. The molecule has 2 atom stereocenters. The molecule has 0 amide bonds. The second-order valence-corrected chi connectivity index (χ2v) is 5.65. The number of carbonyl (C=O) groups excluding carboxylic acids is 2. The minimum absolute atomic E-state index is 0.0625. The third-order valence-electron chi connectivity index (χ3n) is 4.73. The highest BCUT2D eigenvalue weighted by atomic mass is 16.7. The summed E-state index contributed by atoms with van der Waals surface area (Å²) in [5.74, 6) is -1.21. The van der Waals surface area contributed by atoms with Gasteiger partial charge in [0.05, 0.1) is 19.1 Å². The molecule has 98 valence electrons. The SMILES string of the molecule is CC12CC(C=O)C(=O)C=C1CCCC21OCCO1. The molecule has 0 radical (unpaired) electrons. The van der Waals surface area contributed by atoms with E-state index in [9.17, 15) is 9.59 Å². The minimum atomic E-state index is -0.612. The summed E-state index contributed by atoms with van der Waals surface area (Å²) in [6.45, 7) is 3.28. The molecule has 0 aromatic heterocycles. The van der Waals surface area contributed by atoms with Crippen LogP contribution in [0.3, 0.4) is 0 Å². The summed E-state index contributed by atoms with van der Waals surface area (Å²) in [6, 6.07) is 0. The molecular formula is C14H18O4. The molecule has 18 heavy (non-hydrogen) atoms. The first kappa shape index (κ1) is 12.1. The molecular weight excluding hydrogens is 232 g/mol. The van der Waals surface area contributed by atoms with Crippen molar-refractivity contribution >= 4 is 12.1 Å². The molecule has 2 fully saturated rings. The van der Waals surface area contributed by atoms with Crippen LogP contribution >= 0.6 is 0 Å². The second kappa shape index (κ2) is 4.00. The predicted molar refractivity (Wildman–Crippen MR) is 63.9 cm³/mol. The topological polar surface area (TPSA) is 52.6 Å². The lowest BCUT2D eigenvalue weighted by molar-refractivity contribution is -0.238. The van der Waals surface area contributed by atoms with E-state index in [-0.39, 0.29) is 11.2 Å². The van der Waals surface area contributed by atoms with Gasteiger partial charge >= 0.3 is 0 Å². The molecule has 3 rings (SSSR count). The Morgan fingerprint density at radius 2 is 2.11 bits per heavy atom. The molecule has 1 spiro atoms. The Morgan fingerprint density at radius 1 is 1.39 bits per heavy atom. The van der Waals surface area contributed by atoms with Crippen LogP contribution in [0.25, 0.3) is 0 Å². The van der Waals surface area contributed by atoms with E-state index in [1.54, 1.807) is 6.08 Å². The lowest BCUT2D eigenvalue weighted by Gasteiger charge is -2.51. The van der Waals surface area contributed by atoms with Gasteiger partial charge in [-0.15, -0.1) is 0 Å². The van der Waals surface area contributed by atoms with Crippen molar-refractivity contribution in [2.45, 2.75) is 38.4 Å². The highest BCUT2D eigenvalue weighted by Crippen LogP contribution is 2.56. The van der Waals surface area contributed by atoms with Crippen molar-refractivity contribution in [3.8, 4) is 0 Å². The van der Waals surface area contributed by atoms with Gasteiger partial charge in [-0.1, -0.05) is 12.5 Å².